The van der Waals surface area contributed by atoms with Gasteiger partial charge in [0.2, 0.25) is 5.91 Å². The Morgan fingerprint density at radius 2 is 2.08 bits per heavy atom. The Balaban J connectivity index is 1.37. The Bertz CT molecular complexity index is 1630. The fourth-order valence-electron chi connectivity index (χ4n) is 5.08. The predicted octanol–water partition coefficient (Wildman–Crippen LogP) is 3.06. The van der Waals surface area contributed by atoms with E-state index in [1.165, 1.54) is 10.9 Å². The van der Waals surface area contributed by atoms with Gasteiger partial charge >= 0.3 is 6.30 Å². The fourth-order valence-corrected chi connectivity index (χ4v) is 5.08. The second-order valence-electron chi connectivity index (χ2n) is 9.07. The maximum absolute atomic E-state index is 13.3. The van der Waals surface area contributed by atoms with Crippen molar-refractivity contribution >= 4 is 34.3 Å². The second-order valence-corrected chi connectivity index (χ2v) is 9.07. The molecule has 2 aliphatic rings. The summed E-state index contributed by atoms with van der Waals surface area (Å²) in [5.41, 5.74) is 0.885. The number of hydrogen-bond donors (Lipinski definition) is 2. The molecule has 0 unspecified atom stereocenters. The van der Waals surface area contributed by atoms with Crippen molar-refractivity contribution in [2.45, 2.75) is 24.6 Å². The molecule has 36 heavy (non-hydrogen) atoms. The zero-order valence-electron chi connectivity index (χ0n) is 21.8. The minimum atomic E-state index is -4.67. The molecule has 6 rings (SSSR count). The van der Waals surface area contributed by atoms with E-state index in [1.807, 2.05) is 0 Å². The summed E-state index contributed by atoms with van der Waals surface area (Å²) in [5.74, 6) is -0.0546. The molecule has 5 heterocycles. The third-order valence-electron chi connectivity index (χ3n) is 6.85. The molecule has 1 aliphatic heterocycles. The highest BCUT2D eigenvalue weighted by atomic mass is 19.4. The molecule has 1 fully saturated rings. The first-order chi connectivity index (χ1) is 18.3. The molecular weight excluding hydrogens is 477 g/mol. The van der Waals surface area contributed by atoms with E-state index < -0.39 is 24.6 Å². The number of nitrogens with zero attached hydrogens (tertiary/aromatic N) is 7. The Labute approximate surface area is 206 Å². The lowest BCUT2D eigenvalue weighted by Gasteiger charge is -2.43. The first-order valence-electron chi connectivity index (χ1n) is 12.5. The molecule has 4 aromatic rings. The van der Waals surface area contributed by atoms with Gasteiger partial charge in [0.25, 0.3) is 0 Å². The van der Waals surface area contributed by atoms with Crippen LogP contribution < -0.4 is 10.2 Å². The van der Waals surface area contributed by atoms with E-state index in [-0.39, 0.29) is 34.2 Å². The van der Waals surface area contributed by atoms with Crippen molar-refractivity contribution < 1.29 is 27.2 Å². The van der Waals surface area contributed by atoms with Crippen LogP contribution in [0.5, 0.6) is 0 Å². The number of aliphatic hydroxyl groups excluding tert-OH is 1. The number of aliphatic hydroxyl groups is 1. The van der Waals surface area contributed by atoms with Crippen molar-refractivity contribution in [1.29, 1.82) is 0 Å². The van der Waals surface area contributed by atoms with E-state index in [0.29, 0.717) is 41.1 Å². The van der Waals surface area contributed by atoms with Gasteiger partial charge in [-0.2, -0.15) is 14.9 Å². The number of amides is 1. The molecule has 1 amide bonds. The van der Waals surface area contributed by atoms with Crippen LogP contribution in [0.25, 0.3) is 22.3 Å². The van der Waals surface area contributed by atoms with Crippen LogP contribution in [0.2, 0.25) is 0 Å². The van der Waals surface area contributed by atoms with Gasteiger partial charge in [-0.1, -0.05) is 0 Å². The number of fused-ring (bicyclic) bond motifs is 3. The Morgan fingerprint density at radius 1 is 1.28 bits per heavy atom. The van der Waals surface area contributed by atoms with Crippen molar-refractivity contribution in [1.82, 2.24) is 29.5 Å². The molecule has 13 heteroatoms. The lowest BCUT2D eigenvalue weighted by molar-refractivity contribution is -0.212. The Hall–Kier alpha value is -4.00. The number of alkyl halides is 3. The summed E-state index contributed by atoms with van der Waals surface area (Å²) in [7, 11) is 1.64. The van der Waals surface area contributed by atoms with Gasteiger partial charge in [0.15, 0.2) is 0 Å². The van der Waals surface area contributed by atoms with E-state index in [4.69, 9.17) is 4.11 Å². The SMILES string of the molecule is [2H]C([2H])([2H])N1C(=O)C2(CC(CO)C2)c2cc(Nc3ccc4c(n3)c(-c3cnn(C(F)(F)F)c3)nn4C)ncc21. The number of halogens is 3. The number of carbonyl (C=O) groups is 1. The van der Waals surface area contributed by atoms with Crippen molar-refractivity contribution in [2.75, 3.05) is 23.8 Å². The minimum Gasteiger partial charge on any atom is -0.396 e. The van der Waals surface area contributed by atoms with Crippen molar-refractivity contribution in [2.24, 2.45) is 13.0 Å². The smallest absolute Gasteiger partial charge is 0.396 e. The molecule has 1 spiro atoms. The lowest BCUT2D eigenvalue weighted by Crippen LogP contribution is -2.49. The summed E-state index contributed by atoms with van der Waals surface area (Å²) in [5, 5.41) is 20.3. The number of rotatable bonds is 4. The average Bonchev–Trinajstić information content (AvgIpc) is 3.50. The summed E-state index contributed by atoms with van der Waals surface area (Å²) >= 11 is 0. The normalized spacial score (nSPS) is 22.9. The molecule has 2 N–H and O–H groups in total. The molecule has 186 valence electrons. The molecule has 0 aromatic carbocycles. The maximum atomic E-state index is 13.3. The highest BCUT2D eigenvalue weighted by Crippen LogP contribution is 2.55. The van der Waals surface area contributed by atoms with Crippen LogP contribution >= 0.6 is 0 Å². The minimum absolute atomic E-state index is 0.104. The third-order valence-corrected chi connectivity index (χ3v) is 6.85. The number of likely N-dealkylation sites (N-methyl/N-ethyl adjacent to an activating group) is 1. The van der Waals surface area contributed by atoms with Crippen molar-refractivity contribution in [3.63, 3.8) is 0 Å². The van der Waals surface area contributed by atoms with Gasteiger partial charge in [-0.25, -0.2) is 9.97 Å². The molecule has 10 nitrogen and oxygen atoms in total. The lowest BCUT2D eigenvalue weighted by atomic mass is 9.59. The number of aryl methyl sites for hydroxylation is 1. The molecular formula is C23H21F3N8O2. The number of carbonyl (C=O) groups excluding carboxylic acids is 1. The molecule has 1 aliphatic carbocycles. The number of pyridine rings is 2. The number of nitrogens with one attached hydrogen (secondary N) is 1. The van der Waals surface area contributed by atoms with E-state index in [1.54, 1.807) is 25.2 Å². The summed E-state index contributed by atoms with van der Waals surface area (Å²) < 4.78 is 64.1. The standard InChI is InChI=1S/C23H21F3N8O2/c1-32-16-9-27-18(5-14(16)22(21(32)36)6-12(7-22)11-35)29-17-4-3-15-20(30-17)19(31-33(15)2)13-8-28-34(10-13)23(24,25)26/h3-5,8-10,12,35H,6-7,11H2,1-2H3,(H,27,29,30)/i1D3. The zero-order valence-corrected chi connectivity index (χ0v) is 18.8. The molecule has 0 atom stereocenters. The van der Waals surface area contributed by atoms with E-state index >= 15 is 0 Å². The quantitative estimate of drug-likeness (QED) is 0.442. The monoisotopic (exact) mass is 501 g/mol. The summed E-state index contributed by atoms with van der Waals surface area (Å²) in [6.45, 7) is -2.80. The largest absolute Gasteiger partial charge is 0.504 e. The van der Waals surface area contributed by atoms with Crippen LogP contribution in [0, 0.1) is 5.92 Å². The molecule has 0 bridgehead atoms. The van der Waals surface area contributed by atoms with Gasteiger partial charge in [-0.15, -0.1) is 13.2 Å². The van der Waals surface area contributed by atoms with Crippen LogP contribution in [0.15, 0.2) is 36.8 Å². The summed E-state index contributed by atoms with van der Waals surface area (Å²) in [6, 6.07) is 4.94. The maximum Gasteiger partial charge on any atom is 0.504 e. The van der Waals surface area contributed by atoms with Gasteiger partial charge in [0.1, 0.15) is 22.8 Å². The van der Waals surface area contributed by atoms with Crippen LogP contribution in [0.4, 0.5) is 30.5 Å². The third kappa shape index (κ3) is 3.19. The van der Waals surface area contributed by atoms with Gasteiger partial charge in [-0.3, -0.25) is 9.48 Å². The Kier molecular flexibility index (Phi) is 4.00. The first-order valence-corrected chi connectivity index (χ1v) is 11.0. The number of aromatic nitrogens is 6. The van der Waals surface area contributed by atoms with Crippen LogP contribution in [-0.2, 0) is 23.6 Å². The average molecular weight is 501 g/mol. The zero-order chi connectivity index (χ0) is 27.9. The van der Waals surface area contributed by atoms with Gasteiger partial charge in [-0.05, 0) is 42.5 Å². The number of anilines is 3. The molecule has 4 aromatic heterocycles. The first kappa shape index (κ1) is 19.2. The van der Waals surface area contributed by atoms with Crippen LogP contribution in [-0.4, -0.2) is 54.1 Å². The van der Waals surface area contributed by atoms with E-state index in [2.05, 4.69) is 25.5 Å². The summed E-state index contributed by atoms with van der Waals surface area (Å²) in [4.78, 5) is 22.9. The molecule has 0 radical (unpaired) electrons. The van der Waals surface area contributed by atoms with E-state index in [0.717, 1.165) is 17.3 Å². The van der Waals surface area contributed by atoms with Crippen LogP contribution in [0.3, 0.4) is 0 Å². The summed E-state index contributed by atoms with van der Waals surface area (Å²) in [6.07, 6.45) is -0.821. The molecule has 1 saturated carbocycles. The highest BCUT2D eigenvalue weighted by Gasteiger charge is 2.57. The highest BCUT2D eigenvalue weighted by molar-refractivity contribution is 6.08. The fraction of sp³-hybridized carbons (Fsp3) is 0.348. The van der Waals surface area contributed by atoms with Gasteiger partial charge in [0, 0.05) is 36.5 Å². The van der Waals surface area contributed by atoms with Crippen molar-refractivity contribution in [3.8, 4) is 11.3 Å². The Morgan fingerprint density at radius 3 is 2.78 bits per heavy atom. The van der Waals surface area contributed by atoms with Crippen LogP contribution in [0.1, 0.15) is 22.5 Å². The van der Waals surface area contributed by atoms with Gasteiger partial charge < -0.3 is 15.3 Å². The van der Waals surface area contributed by atoms with Crippen molar-refractivity contribution in [3.05, 3.63) is 42.4 Å². The topological polar surface area (TPSA) is 114 Å². The number of hydrogen-bond acceptors (Lipinski definition) is 7. The predicted molar refractivity (Wildman–Crippen MR) is 123 cm³/mol. The van der Waals surface area contributed by atoms with Gasteiger partial charge in [0.05, 0.1) is 29.0 Å². The van der Waals surface area contributed by atoms with E-state index in [9.17, 15) is 23.1 Å². The molecule has 0 saturated heterocycles. The second kappa shape index (κ2) is 7.50.